The van der Waals surface area contributed by atoms with Crippen LogP contribution in [0.25, 0.3) is 0 Å². The van der Waals surface area contributed by atoms with Gasteiger partial charge < -0.3 is 5.32 Å². The fourth-order valence-electron chi connectivity index (χ4n) is 1.61. The zero-order valence-electron chi connectivity index (χ0n) is 7.53. The molecule has 1 aromatic carbocycles. The van der Waals surface area contributed by atoms with E-state index < -0.39 is 4.92 Å². The minimum atomic E-state index is -0.452. The van der Waals surface area contributed by atoms with E-state index in [2.05, 4.69) is 5.32 Å². The van der Waals surface area contributed by atoms with Crippen LogP contribution in [-0.4, -0.2) is 10.8 Å². The first-order valence-electron chi connectivity index (χ1n) is 4.15. The maximum absolute atomic E-state index is 11.1. The van der Waals surface area contributed by atoms with Crippen molar-refractivity contribution in [2.75, 3.05) is 5.32 Å². The first-order valence-corrected chi connectivity index (χ1v) is 4.15. The molecule has 0 unspecified atom stereocenters. The first kappa shape index (κ1) is 8.68. The lowest BCUT2D eigenvalue weighted by atomic mass is 10.1. The third kappa shape index (κ3) is 1.22. The van der Waals surface area contributed by atoms with E-state index in [4.69, 9.17) is 0 Å². The number of carbonyl (C=O) groups excluding carboxylic acids is 1. The molecule has 5 nitrogen and oxygen atoms in total. The number of fused-ring (bicyclic) bond motifs is 1. The molecule has 1 aromatic rings. The highest BCUT2D eigenvalue weighted by atomic mass is 16.6. The Hall–Kier alpha value is -1.91. The molecule has 2 rings (SSSR count). The molecule has 5 heteroatoms. The Morgan fingerprint density at radius 2 is 2.21 bits per heavy atom. The van der Waals surface area contributed by atoms with E-state index in [-0.39, 0.29) is 18.0 Å². The summed E-state index contributed by atoms with van der Waals surface area (Å²) in [7, 11) is 0. The van der Waals surface area contributed by atoms with Crippen LogP contribution in [0.2, 0.25) is 0 Å². The van der Waals surface area contributed by atoms with E-state index in [0.29, 0.717) is 11.3 Å². The molecule has 0 aliphatic carbocycles. The van der Waals surface area contributed by atoms with Crippen molar-refractivity contribution >= 4 is 17.3 Å². The highest BCUT2D eigenvalue weighted by Gasteiger charge is 2.26. The number of benzene rings is 1. The lowest BCUT2D eigenvalue weighted by Gasteiger charge is -2.01. The molecule has 14 heavy (non-hydrogen) atoms. The fourth-order valence-corrected chi connectivity index (χ4v) is 1.61. The second kappa shape index (κ2) is 2.80. The lowest BCUT2D eigenvalue weighted by molar-refractivity contribution is -0.385. The zero-order valence-corrected chi connectivity index (χ0v) is 7.53. The number of hydrogen-bond donors (Lipinski definition) is 1. The zero-order chi connectivity index (χ0) is 10.3. The van der Waals surface area contributed by atoms with E-state index in [0.717, 1.165) is 5.56 Å². The van der Waals surface area contributed by atoms with Gasteiger partial charge >= 0.3 is 0 Å². The van der Waals surface area contributed by atoms with Crippen molar-refractivity contribution < 1.29 is 9.72 Å². The Balaban J connectivity index is 2.63. The molecule has 0 atom stereocenters. The smallest absolute Gasteiger partial charge is 0.275 e. The molecule has 72 valence electrons. The van der Waals surface area contributed by atoms with Gasteiger partial charge in [-0.2, -0.15) is 0 Å². The molecule has 0 radical (unpaired) electrons. The SMILES string of the molecule is Cc1cc2c(c([N+](=O)[O-])c1)CC(=O)N2. The molecule has 0 spiro atoms. The van der Waals surface area contributed by atoms with E-state index in [9.17, 15) is 14.9 Å². The van der Waals surface area contributed by atoms with Crippen LogP contribution in [-0.2, 0) is 11.2 Å². The van der Waals surface area contributed by atoms with Gasteiger partial charge in [-0.1, -0.05) is 0 Å². The summed E-state index contributed by atoms with van der Waals surface area (Å²) in [6.07, 6.45) is 0.103. The van der Waals surface area contributed by atoms with Crippen molar-refractivity contribution in [1.29, 1.82) is 0 Å². The van der Waals surface area contributed by atoms with E-state index >= 15 is 0 Å². The number of carbonyl (C=O) groups is 1. The summed E-state index contributed by atoms with van der Waals surface area (Å²) in [5, 5.41) is 13.3. The molecular weight excluding hydrogens is 184 g/mol. The summed E-state index contributed by atoms with van der Waals surface area (Å²) in [5.41, 5.74) is 1.86. The summed E-state index contributed by atoms with van der Waals surface area (Å²) >= 11 is 0. The summed E-state index contributed by atoms with van der Waals surface area (Å²) in [4.78, 5) is 21.3. The number of aryl methyl sites for hydroxylation is 1. The second-order valence-corrected chi connectivity index (χ2v) is 3.29. The van der Waals surface area contributed by atoms with Crippen LogP contribution in [0.15, 0.2) is 12.1 Å². The van der Waals surface area contributed by atoms with Gasteiger partial charge in [0, 0.05) is 6.07 Å². The van der Waals surface area contributed by atoms with E-state index in [1.165, 1.54) is 6.07 Å². The highest BCUT2D eigenvalue weighted by Crippen LogP contribution is 2.32. The van der Waals surface area contributed by atoms with Crippen LogP contribution in [0.4, 0.5) is 11.4 Å². The van der Waals surface area contributed by atoms with Gasteiger partial charge in [-0.25, -0.2) is 0 Å². The predicted octanol–water partition coefficient (Wildman–Crippen LogP) is 1.40. The number of anilines is 1. The third-order valence-electron chi connectivity index (χ3n) is 2.18. The summed E-state index contributed by atoms with van der Waals surface area (Å²) in [5.74, 6) is -0.186. The number of nitrogens with zero attached hydrogens (tertiary/aromatic N) is 1. The van der Waals surface area contributed by atoms with Gasteiger partial charge in [-0.3, -0.25) is 14.9 Å². The lowest BCUT2D eigenvalue weighted by Crippen LogP contribution is -2.03. The van der Waals surface area contributed by atoms with Crippen molar-refractivity contribution in [3.05, 3.63) is 33.4 Å². The van der Waals surface area contributed by atoms with Gasteiger partial charge in [0.25, 0.3) is 5.69 Å². The van der Waals surface area contributed by atoms with Crippen molar-refractivity contribution in [3.8, 4) is 0 Å². The predicted molar refractivity (Wildman–Crippen MR) is 50.2 cm³/mol. The maximum atomic E-state index is 11.1. The Kier molecular flexibility index (Phi) is 1.73. The third-order valence-corrected chi connectivity index (χ3v) is 2.18. The molecule has 0 saturated heterocycles. The van der Waals surface area contributed by atoms with Gasteiger partial charge in [0.1, 0.15) is 0 Å². The standard InChI is InChI=1S/C9H8N2O3/c1-5-2-7-6(4-9(12)10-7)8(3-5)11(13)14/h2-3H,4H2,1H3,(H,10,12). The molecular formula is C9H8N2O3. The molecule has 0 bridgehead atoms. The van der Waals surface area contributed by atoms with Crippen LogP contribution in [0, 0.1) is 17.0 Å². The molecule has 0 aromatic heterocycles. The van der Waals surface area contributed by atoms with Gasteiger partial charge in [0.15, 0.2) is 0 Å². The Morgan fingerprint density at radius 3 is 2.86 bits per heavy atom. The number of amides is 1. The van der Waals surface area contributed by atoms with Crippen LogP contribution >= 0.6 is 0 Å². The van der Waals surface area contributed by atoms with Gasteiger partial charge in [0.05, 0.1) is 22.6 Å². The molecule has 1 heterocycles. The number of hydrogen-bond acceptors (Lipinski definition) is 3. The van der Waals surface area contributed by atoms with Gasteiger partial charge in [0.2, 0.25) is 5.91 Å². The Morgan fingerprint density at radius 1 is 1.50 bits per heavy atom. The van der Waals surface area contributed by atoms with Crippen molar-refractivity contribution in [2.45, 2.75) is 13.3 Å². The van der Waals surface area contributed by atoms with Crippen LogP contribution in [0.1, 0.15) is 11.1 Å². The van der Waals surface area contributed by atoms with E-state index in [1.54, 1.807) is 13.0 Å². The number of rotatable bonds is 1. The molecule has 1 aliphatic heterocycles. The molecule has 1 N–H and O–H groups in total. The van der Waals surface area contributed by atoms with Crippen molar-refractivity contribution in [3.63, 3.8) is 0 Å². The van der Waals surface area contributed by atoms with Gasteiger partial charge in [-0.15, -0.1) is 0 Å². The van der Waals surface area contributed by atoms with Crippen LogP contribution < -0.4 is 5.32 Å². The minimum absolute atomic E-state index is 0.0263. The highest BCUT2D eigenvalue weighted by molar-refractivity contribution is 6.00. The maximum Gasteiger partial charge on any atom is 0.275 e. The second-order valence-electron chi connectivity index (χ2n) is 3.29. The summed E-state index contributed by atoms with van der Waals surface area (Å²) in [6.45, 7) is 1.76. The summed E-state index contributed by atoms with van der Waals surface area (Å²) < 4.78 is 0. The Labute approximate surface area is 79.9 Å². The normalized spacial score (nSPS) is 13.6. The largest absolute Gasteiger partial charge is 0.325 e. The van der Waals surface area contributed by atoms with Crippen molar-refractivity contribution in [1.82, 2.24) is 0 Å². The molecule has 1 amide bonds. The minimum Gasteiger partial charge on any atom is -0.325 e. The monoisotopic (exact) mass is 192 g/mol. The number of nitro benzene ring substituents is 1. The quantitative estimate of drug-likeness (QED) is 0.539. The number of nitro groups is 1. The van der Waals surface area contributed by atoms with Crippen molar-refractivity contribution in [2.24, 2.45) is 0 Å². The van der Waals surface area contributed by atoms with E-state index in [1.807, 2.05) is 0 Å². The Bertz CT molecular complexity index is 440. The first-order chi connectivity index (χ1) is 6.58. The topological polar surface area (TPSA) is 72.2 Å². The van der Waals surface area contributed by atoms with Crippen LogP contribution in [0.3, 0.4) is 0 Å². The fraction of sp³-hybridized carbons (Fsp3) is 0.222. The van der Waals surface area contributed by atoms with Crippen LogP contribution in [0.5, 0.6) is 0 Å². The average Bonchev–Trinajstić information content (AvgIpc) is 2.42. The molecule has 0 saturated carbocycles. The summed E-state index contributed by atoms with van der Waals surface area (Å²) in [6, 6.07) is 3.23. The molecule has 0 fully saturated rings. The van der Waals surface area contributed by atoms with Gasteiger partial charge in [-0.05, 0) is 18.6 Å². The molecule has 1 aliphatic rings. The number of nitrogens with one attached hydrogen (secondary N) is 1. The average molecular weight is 192 g/mol.